The predicted molar refractivity (Wildman–Crippen MR) is 122 cm³/mol. The first-order valence-corrected chi connectivity index (χ1v) is 10.7. The zero-order valence-corrected chi connectivity index (χ0v) is 17.8. The van der Waals surface area contributed by atoms with Crippen LogP contribution in [-0.4, -0.2) is 10.9 Å². The molecule has 5 nitrogen and oxygen atoms in total. The van der Waals surface area contributed by atoms with Gasteiger partial charge in [-0.2, -0.15) is 0 Å². The molecular formula is C23H20ClN3O2S. The summed E-state index contributed by atoms with van der Waals surface area (Å²) in [6.07, 6.45) is 4.07. The molecule has 0 saturated heterocycles. The lowest BCUT2D eigenvalue weighted by molar-refractivity contribution is 0.0997. The Bertz CT molecular complexity index is 1130. The Balaban J connectivity index is 1.77. The maximum atomic E-state index is 12.7. The molecule has 4 aromatic rings. The second kappa shape index (κ2) is 9.15. The summed E-state index contributed by atoms with van der Waals surface area (Å²) in [5.74, 6) is 0.691. The van der Waals surface area contributed by atoms with Crippen molar-refractivity contribution in [2.24, 2.45) is 0 Å². The van der Waals surface area contributed by atoms with Gasteiger partial charge in [-0.15, -0.1) is 11.3 Å². The van der Waals surface area contributed by atoms with E-state index in [0.29, 0.717) is 5.02 Å². The van der Waals surface area contributed by atoms with Crippen LogP contribution in [0.2, 0.25) is 5.02 Å². The Labute approximate surface area is 183 Å². The molecule has 1 aromatic carbocycles. The minimum Gasteiger partial charge on any atom is -0.459 e. The fourth-order valence-electron chi connectivity index (χ4n) is 3.15. The van der Waals surface area contributed by atoms with Gasteiger partial charge in [-0.25, -0.2) is 4.98 Å². The van der Waals surface area contributed by atoms with Gasteiger partial charge < -0.3 is 15.1 Å². The molecule has 0 fully saturated rings. The van der Waals surface area contributed by atoms with Crippen LogP contribution in [0.15, 0.2) is 77.5 Å². The minimum absolute atomic E-state index is 0.263. The Morgan fingerprint density at radius 3 is 2.67 bits per heavy atom. The molecule has 0 bridgehead atoms. The molecule has 7 heteroatoms. The summed E-state index contributed by atoms with van der Waals surface area (Å²) in [6.45, 7) is 2.09. The first-order chi connectivity index (χ1) is 14.7. The van der Waals surface area contributed by atoms with Crippen molar-refractivity contribution in [3.05, 3.63) is 99.9 Å². The molecule has 1 amide bonds. The van der Waals surface area contributed by atoms with Gasteiger partial charge in [0.05, 0.1) is 12.3 Å². The molecule has 0 saturated carbocycles. The third kappa shape index (κ3) is 4.40. The SMILES string of the molecule is CCc1cc(C(Nc2ccccn2)c2ccccc2Cl)c(NC(=O)c2ccco2)s1. The highest BCUT2D eigenvalue weighted by atomic mass is 35.5. The van der Waals surface area contributed by atoms with Gasteiger partial charge in [-0.3, -0.25) is 4.79 Å². The Morgan fingerprint density at radius 1 is 1.13 bits per heavy atom. The van der Waals surface area contributed by atoms with Crippen molar-refractivity contribution in [1.29, 1.82) is 0 Å². The summed E-state index contributed by atoms with van der Waals surface area (Å²) in [7, 11) is 0. The van der Waals surface area contributed by atoms with Crippen LogP contribution < -0.4 is 10.6 Å². The number of rotatable bonds is 7. The van der Waals surface area contributed by atoms with Gasteiger partial charge in [-0.1, -0.05) is 42.8 Å². The van der Waals surface area contributed by atoms with Crippen molar-refractivity contribution in [2.45, 2.75) is 19.4 Å². The molecule has 2 N–H and O–H groups in total. The fourth-order valence-corrected chi connectivity index (χ4v) is 4.42. The Morgan fingerprint density at radius 2 is 1.97 bits per heavy atom. The molecule has 4 rings (SSSR count). The molecule has 1 unspecified atom stereocenters. The molecule has 0 aliphatic rings. The van der Waals surface area contributed by atoms with Gasteiger partial charge in [0.1, 0.15) is 10.8 Å². The van der Waals surface area contributed by atoms with Crippen LogP contribution in [0.1, 0.15) is 39.5 Å². The number of hydrogen-bond donors (Lipinski definition) is 2. The number of hydrogen-bond acceptors (Lipinski definition) is 5. The molecule has 152 valence electrons. The van der Waals surface area contributed by atoms with E-state index in [1.165, 1.54) is 6.26 Å². The third-order valence-corrected chi connectivity index (χ3v) is 6.17. The molecule has 3 aromatic heterocycles. The van der Waals surface area contributed by atoms with Crippen molar-refractivity contribution in [3.8, 4) is 0 Å². The predicted octanol–water partition coefficient (Wildman–Crippen LogP) is 6.41. The van der Waals surface area contributed by atoms with Gasteiger partial charge >= 0.3 is 0 Å². The van der Waals surface area contributed by atoms with Crippen molar-refractivity contribution in [2.75, 3.05) is 10.6 Å². The molecule has 3 heterocycles. The smallest absolute Gasteiger partial charge is 0.291 e. The molecule has 0 radical (unpaired) electrons. The van der Waals surface area contributed by atoms with Crippen LogP contribution in [0.3, 0.4) is 0 Å². The lowest BCUT2D eigenvalue weighted by Crippen LogP contribution is -2.17. The maximum absolute atomic E-state index is 12.7. The lowest BCUT2D eigenvalue weighted by Gasteiger charge is -2.22. The quantitative estimate of drug-likeness (QED) is 0.350. The topological polar surface area (TPSA) is 67.2 Å². The number of amides is 1. The number of pyridine rings is 1. The zero-order chi connectivity index (χ0) is 20.9. The summed E-state index contributed by atoms with van der Waals surface area (Å²) in [4.78, 5) is 18.2. The molecule has 1 atom stereocenters. The Kier molecular flexibility index (Phi) is 6.16. The van der Waals surface area contributed by atoms with Crippen molar-refractivity contribution in [1.82, 2.24) is 4.98 Å². The van der Waals surface area contributed by atoms with Crippen LogP contribution in [0.25, 0.3) is 0 Å². The second-order valence-corrected chi connectivity index (χ2v) is 8.14. The number of anilines is 2. The summed E-state index contributed by atoms with van der Waals surface area (Å²) in [5, 5.41) is 7.87. The van der Waals surface area contributed by atoms with E-state index < -0.39 is 0 Å². The number of furan rings is 1. The van der Waals surface area contributed by atoms with Gasteiger partial charge in [0.25, 0.3) is 5.91 Å². The van der Waals surface area contributed by atoms with E-state index in [4.69, 9.17) is 16.0 Å². The standard InChI is InChI=1S/C23H20ClN3O2S/c1-2-15-14-17(23(30-15)27-22(28)19-10-7-13-29-19)21(16-8-3-4-9-18(16)24)26-20-11-5-6-12-25-20/h3-14,21H,2H2,1H3,(H,25,26)(H,27,28). The number of halogens is 1. The number of thiophene rings is 1. The summed E-state index contributed by atoms with van der Waals surface area (Å²) >= 11 is 8.10. The molecule has 30 heavy (non-hydrogen) atoms. The number of nitrogens with one attached hydrogen (secondary N) is 2. The van der Waals surface area contributed by atoms with Crippen LogP contribution in [0.5, 0.6) is 0 Å². The molecule has 0 aliphatic carbocycles. The van der Waals surface area contributed by atoms with E-state index in [-0.39, 0.29) is 17.7 Å². The van der Waals surface area contributed by atoms with Crippen LogP contribution in [0.4, 0.5) is 10.8 Å². The van der Waals surface area contributed by atoms with Crippen molar-refractivity contribution < 1.29 is 9.21 Å². The maximum Gasteiger partial charge on any atom is 0.291 e. The Hall–Kier alpha value is -3.09. The van der Waals surface area contributed by atoms with Crippen LogP contribution in [-0.2, 0) is 6.42 Å². The molecular weight excluding hydrogens is 418 g/mol. The monoisotopic (exact) mass is 437 g/mol. The van der Waals surface area contributed by atoms with E-state index >= 15 is 0 Å². The average molecular weight is 438 g/mol. The zero-order valence-electron chi connectivity index (χ0n) is 16.3. The van der Waals surface area contributed by atoms with Crippen LogP contribution >= 0.6 is 22.9 Å². The normalized spacial score (nSPS) is 11.8. The molecule has 0 aliphatic heterocycles. The highest BCUT2D eigenvalue weighted by Crippen LogP contribution is 2.40. The fraction of sp³-hybridized carbons (Fsp3) is 0.130. The van der Waals surface area contributed by atoms with Gasteiger partial charge in [0.2, 0.25) is 0 Å². The lowest BCUT2D eigenvalue weighted by atomic mass is 9.99. The second-order valence-electron chi connectivity index (χ2n) is 6.60. The van der Waals surface area contributed by atoms with Gasteiger partial charge in [0.15, 0.2) is 5.76 Å². The van der Waals surface area contributed by atoms with Crippen LogP contribution in [0, 0.1) is 0 Å². The highest BCUT2D eigenvalue weighted by Gasteiger charge is 2.24. The van der Waals surface area contributed by atoms with E-state index in [1.54, 1.807) is 29.7 Å². The number of benzene rings is 1. The van der Waals surface area contributed by atoms with Crippen molar-refractivity contribution >= 4 is 39.7 Å². The van der Waals surface area contributed by atoms with Gasteiger partial charge in [-0.05, 0) is 48.4 Å². The van der Waals surface area contributed by atoms with Crippen molar-refractivity contribution in [3.63, 3.8) is 0 Å². The minimum atomic E-state index is -0.294. The molecule has 0 spiro atoms. The highest BCUT2D eigenvalue weighted by molar-refractivity contribution is 7.16. The van der Waals surface area contributed by atoms with E-state index in [1.807, 2.05) is 42.5 Å². The van der Waals surface area contributed by atoms with E-state index in [0.717, 1.165) is 33.2 Å². The number of carbonyl (C=O) groups is 1. The van der Waals surface area contributed by atoms with E-state index in [2.05, 4.69) is 28.6 Å². The average Bonchev–Trinajstić information content (AvgIpc) is 3.44. The third-order valence-electron chi connectivity index (χ3n) is 4.62. The largest absolute Gasteiger partial charge is 0.459 e. The number of carbonyl (C=O) groups excluding carboxylic acids is 1. The number of aromatic nitrogens is 1. The van der Waals surface area contributed by atoms with E-state index in [9.17, 15) is 4.79 Å². The number of nitrogens with zero attached hydrogens (tertiary/aromatic N) is 1. The first-order valence-electron chi connectivity index (χ1n) is 9.55. The van der Waals surface area contributed by atoms with Gasteiger partial charge in [0, 0.05) is 21.7 Å². The summed E-state index contributed by atoms with van der Waals surface area (Å²) in [5.41, 5.74) is 1.83. The summed E-state index contributed by atoms with van der Waals surface area (Å²) in [6, 6.07) is 18.5. The summed E-state index contributed by atoms with van der Waals surface area (Å²) < 4.78 is 5.25. The first kappa shape index (κ1) is 20.2. The number of aryl methyl sites for hydroxylation is 1.